The number of aromatic nitrogens is 1. The van der Waals surface area contributed by atoms with Gasteiger partial charge in [-0.05, 0) is 50.5 Å². The minimum Gasteiger partial charge on any atom is -0.497 e. The molecule has 2 atom stereocenters. The van der Waals surface area contributed by atoms with E-state index in [2.05, 4.69) is 4.98 Å². The molecule has 24 heavy (non-hydrogen) atoms. The predicted molar refractivity (Wildman–Crippen MR) is 91.1 cm³/mol. The highest BCUT2D eigenvalue weighted by Crippen LogP contribution is 2.39. The summed E-state index contributed by atoms with van der Waals surface area (Å²) in [4.78, 5) is 16.8. The second kappa shape index (κ2) is 5.70. The largest absolute Gasteiger partial charge is 0.497 e. The number of hydrogen-bond donors (Lipinski definition) is 2. The molecule has 1 aromatic heterocycles. The van der Waals surface area contributed by atoms with Crippen molar-refractivity contribution in [3.05, 3.63) is 30.0 Å². The lowest BCUT2D eigenvalue weighted by atomic mass is 9.90. The second-order valence-electron chi connectivity index (χ2n) is 6.60. The number of aromatic amines is 1. The van der Waals surface area contributed by atoms with Gasteiger partial charge in [-0.1, -0.05) is 6.92 Å². The minimum absolute atomic E-state index is 0.381. The zero-order valence-corrected chi connectivity index (χ0v) is 14.5. The van der Waals surface area contributed by atoms with E-state index in [1.165, 1.54) is 4.90 Å². The first-order chi connectivity index (χ1) is 11.3. The number of benzene rings is 1. The molecule has 2 heterocycles. The molecular weight excluding hydrogens is 308 g/mol. The Bertz CT molecular complexity index is 767. The molecule has 1 saturated heterocycles. The third-order valence-corrected chi connectivity index (χ3v) is 5.31. The molecule has 0 saturated carbocycles. The van der Waals surface area contributed by atoms with Crippen molar-refractivity contribution in [3.63, 3.8) is 0 Å². The number of hydrogen-bond acceptors (Lipinski definition) is 4. The fraction of sp³-hybridized carbons (Fsp3) is 0.500. The van der Waals surface area contributed by atoms with E-state index in [9.17, 15) is 9.90 Å². The molecule has 0 spiro atoms. The lowest BCUT2D eigenvalue weighted by Crippen LogP contribution is -2.55. The Hall–Kier alpha value is -2.21. The van der Waals surface area contributed by atoms with E-state index < -0.39 is 17.4 Å². The zero-order chi connectivity index (χ0) is 17.5. The maximum Gasteiger partial charge on any atom is 0.412 e. The lowest BCUT2D eigenvalue weighted by Gasteiger charge is -2.36. The number of rotatable bonds is 5. The van der Waals surface area contributed by atoms with E-state index >= 15 is 0 Å². The van der Waals surface area contributed by atoms with Gasteiger partial charge < -0.3 is 19.6 Å². The van der Waals surface area contributed by atoms with Crippen molar-refractivity contribution in [2.75, 3.05) is 13.7 Å². The Morgan fingerprint density at radius 1 is 1.38 bits per heavy atom. The molecule has 3 rings (SSSR count). The van der Waals surface area contributed by atoms with Crippen molar-refractivity contribution in [1.29, 1.82) is 0 Å². The van der Waals surface area contributed by atoms with Gasteiger partial charge in [0, 0.05) is 23.6 Å². The highest BCUT2D eigenvalue weighted by atomic mass is 16.6. The summed E-state index contributed by atoms with van der Waals surface area (Å²) in [7, 11) is 1.64. The second-order valence-corrected chi connectivity index (χ2v) is 6.60. The van der Waals surface area contributed by atoms with Crippen LogP contribution in [0.15, 0.2) is 24.4 Å². The van der Waals surface area contributed by atoms with Gasteiger partial charge in [0.05, 0.1) is 7.11 Å². The molecular formula is C18H24N2O4. The number of carbonyl (C=O) groups is 1. The van der Waals surface area contributed by atoms with E-state index in [4.69, 9.17) is 9.47 Å². The van der Waals surface area contributed by atoms with Crippen molar-refractivity contribution in [1.82, 2.24) is 9.88 Å². The Morgan fingerprint density at radius 2 is 2.12 bits per heavy atom. The number of methoxy groups -OCH3 is 1. The normalized spacial score (nSPS) is 26.9. The molecule has 6 heteroatoms. The van der Waals surface area contributed by atoms with Crippen LogP contribution in [0.1, 0.15) is 32.8 Å². The smallest absolute Gasteiger partial charge is 0.412 e. The van der Waals surface area contributed by atoms with Crippen LogP contribution in [0.4, 0.5) is 4.79 Å². The highest BCUT2D eigenvalue weighted by Gasteiger charge is 2.58. The lowest BCUT2D eigenvalue weighted by molar-refractivity contribution is -0.137. The van der Waals surface area contributed by atoms with Gasteiger partial charge in [-0.3, -0.25) is 4.90 Å². The van der Waals surface area contributed by atoms with Crippen LogP contribution in [0.2, 0.25) is 0 Å². The van der Waals surface area contributed by atoms with Crippen molar-refractivity contribution in [2.45, 2.75) is 44.9 Å². The van der Waals surface area contributed by atoms with Crippen LogP contribution < -0.4 is 4.74 Å². The van der Waals surface area contributed by atoms with Gasteiger partial charge in [0.25, 0.3) is 0 Å². The maximum atomic E-state index is 12.2. The third kappa shape index (κ3) is 2.41. The van der Waals surface area contributed by atoms with Crippen molar-refractivity contribution >= 4 is 17.0 Å². The van der Waals surface area contributed by atoms with E-state index in [-0.39, 0.29) is 0 Å². The molecule has 1 aliphatic rings. The average Bonchev–Trinajstić information content (AvgIpc) is 3.03. The summed E-state index contributed by atoms with van der Waals surface area (Å²) in [6.45, 7) is 5.68. The minimum atomic E-state index is -1.33. The van der Waals surface area contributed by atoms with Crippen LogP contribution in [-0.2, 0) is 11.2 Å². The van der Waals surface area contributed by atoms with E-state index in [0.29, 0.717) is 19.4 Å². The maximum absolute atomic E-state index is 12.2. The van der Waals surface area contributed by atoms with Gasteiger partial charge in [0.2, 0.25) is 0 Å². The van der Waals surface area contributed by atoms with Crippen LogP contribution in [0.3, 0.4) is 0 Å². The monoisotopic (exact) mass is 332 g/mol. The summed E-state index contributed by atoms with van der Waals surface area (Å²) in [6, 6.07) is 5.84. The van der Waals surface area contributed by atoms with Gasteiger partial charge in [-0.2, -0.15) is 0 Å². The summed E-state index contributed by atoms with van der Waals surface area (Å²) in [6.07, 6.45) is 2.62. The molecule has 1 aliphatic heterocycles. The number of ether oxygens (including phenoxy) is 2. The number of fused-ring (bicyclic) bond motifs is 1. The van der Waals surface area contributed by atoms with Crippen LogP contribution >= 0.6 is 0 Å². The van der Waals surface area contributed by atoms with Gasteiger partial charge >= 0.3 is 6.09 Å². The first-order valence-electron chi connectivity index (χ1n) is 8.19. The fourth-order valence-corrected chi connectivity index (χ4v) is 3.25. The number of H-pyrrole nitrogens is 1. The van der Waals surface area contributed by atoms with Crippen LogP contribution in [0.5, 0.6) is 5.75 Å². The summed E-state index contributed by atoms with van der Waals surface area (Å²) < 4.78 is 10.7. The molecule has 0 unspecified atom stereocenters. The Balaban J connectivity index is 1.82. The number of nitrogens with one attached hydrogen (secondary N) is 1. The Labute approximate surface area is 141 Å². The Morgan fingerprint density at radius 3 is 2.75 bits per heavy atom. The Kier molecular flexibility index (Phi) is 3.95. The molecule has 1 amide bonds. The molecule has 2 aromatic rings. The first-order valence-corrected chi connectivity index (χ1v) is 8.19. The number of nitrogens with zero attached hydrogens (tertiary/aromatic N) is 1. The number of amides is 1. The van der Waals surface area contributed by atoms with Crippen LogP contribution in [-0.4, -0.2) is 46.1 Å². The van der Waals surface area contributed by atoms with Gasteiger partial charge in [-0.15, -0.1) is 0 Å². The molecule has 0 bridgehead atoms. The molecule has 6 nitrogen and oxygen atoms in total. The number of aliphatic hydroxyl groups is 1. The van der Waals surface area contributed by atoms with Gasteiger partial charge in [-0.25, -0.2) is 4.79 Å². The molecule has 0 aliphatic carbocycles. The first kappa shape index (κ1) is 16.6. The third-order valence-electron chi connectivity index (χ3n) is 5.31. The molecule has 1 fully saturated rings. The van der Waals surface area contributed by atoms with Crippen LogP contribution in [0.25, 0.3) is 10.9 Å². The SMILES string of the molecule is CC[C@]1(C)OC(=O)N(CCc2c[nH]c3ccc(OC)cc23)[C@]1(C)O. The number of carbonyl (C=O) groups excluding carboxylic acids is 1. The predicted octanol–water partition coefficient (Wildman–Crippen LogP) is 3.05. The molecule has 1 aromatic carbocycles. The molecule has 2 N–H and O–H groups in total. The van der Waals surface area contributed by atoms with Crippen molar-refractivity contribution < 1.29 is 19.4 Å². The zero-order valence-electron chi connectivity index (χ0n) is 14.5. The summed E-state index contributed by atoms with van der Waals surface area (Å²) in [5, 5.41) is 11.9. The van der Waals surface area contributed by atoms with E-state index in [1.807, 2.05) is 31.3 Å². The van der Waals surface area contributed by atoms with Crippen molar-refractivity contribution in [3.8, 4) is 5.75 Å². The van der Waals surface area contributed by atoms with Gasteiger partial charge in [0.15, 0.2) is 11.3 Å². The summed E-state index contributed by atoms with van der Waals surface area (Å²) in [5.41, 5.74) is -0.145. The topological polar surface area (TPSA) is 74.8 Å². The summed E-state index contributed by atoms with van der Waals surface area (Å²) in [5.74, 6) is 0.787. The quantitative estimate of drug-likeness (QED) is 0.882. The van der Waals surface area contributed by atoms with E-state index in [1.54, 1.807) is 21.0 Å². The van der Waals surface area contributed by atoms with Gasteiger partial charge in [0.1, 0.15) is 5.75 Å². The molecule has 130 valence electrons. The molecule has 0 radical (unpaired) electrons. The van der Waals surface area contributed by atoms with E-state index in [0.717, 1.165) is 22.2 Å². The van der Waals surface area contributed by atoms with Crippen LogP contribution in [0, 0.1) is 0 Å². The fourth-order valence-electron chi connectivity index (χ4n) is 3.25. The number of cyclic esters (lactones) is 1. The van der Waals surface area contributed by atoms with Crippen molar-refractivity contribution in [2.24, 2.45) is 0 Å². The standard InChI is InChI=1S/C18H24N2O4/c1-5-17(2)18(3,22)20(16(21)24-17)9-8-12-11-19-15-7-6-13(23-4)10-14(12)15/h6-7,10-11,19,22H,5,8-9H2,1-4H3/t17-,18+/m0/s1. The average molecular weight is 332 g/mol. The summed E-state index contributed by atoms with van der Waals surface area (Å²) >= 11 is 0. The highest BCUT2D eigenvalue weighted by molar-refractivity contribution is 5.84.